The van der Waals surface area contributed by atoms with E-state index in [1.54, 1.807) is 4.90 Å². The summed E-state index contributed by atoms with van der Waals surface area (Å²) in [6.07, 6.45) is 1.71. The van der Waals surface area contributed by atoms with Crippen molar-refractivity contribution in [3.8, 4) is 0 Å². The third kappa shape index (κ3) is 2.55. The molecular weight excluding hydrogens is 220 g/mol. The molecular formula is C12H16N2O3. The maximum atomic E-state index is 12.1. The number of rotatable bonds is 1. The molecule has 0 aliphatic carbocycles. The molecule has 2 unspecified atom stereocenters. The van der Waals surface area contributed by atoms with Gasteiger partial charge in [0.1, 0.15) is 0 Å². The number of likely N-dealkylation sites (tertiary alicyclic amines) is 1. The lowest BCUT2D eigenvalue weighted by atomic mass is 9.96. The van der Waals surface area contributed by atoms with Crippen LogP contribution in [0.4, 0.5) is 0 Å². The third-order valence-corrected chi connectivity index (χ3v) is 3.18. The molecule has 1 aliphatic rings. The maximum Gasteiger partial charge on any atom is 0.255 e. The molecule has 1 aromatic rings. The van der Waals surface area contributed by atoms with E-state index in [0.29, 0.717) is 25.1 Å². The first-order valence-corrected chi connectivity index (χ1v) is 5.74. The van der Waals surface area contributed by atoms with Crippen molar-refractivity contribution < 1.29 is 9.90 Å². The lowest BCUT2D eigenvalue weighted by molar-refractivity contribution is 0.0297. The normalized spacial score (nSPS) is 24.7. The van der Waals surface area contributed by atoms with Crippen LogP contribution >= 0.6 is 0 Å². The van der Waals surface area contributed by atoms with Gasteiger partial charge in [-0.1, -0.05) is 6.92 Å². The van der Waals surface area contributed by atoms with Crippen LogP contribution in [-0.2, 0) is 0 Å². The lowest BCUT2D eigenvalue weighted by Gasteiger charge is -2.34. The Labute approximate surface area is 99.1 Å². The summed E-state index contributed by atoms with van der Waals surface area (Å²) in [6.45, 7) is 3.04. The number of piperidine rings is 1. The molecule has 2 heterocycles. The molecule has 2 N–H and O–H groups in total. The number of nitrogens with zero attached hydrogens (tertiary/aromatic N) is 1. The van der Waals surface area contributed by atoms with Crippen LogP contribution in [0.25, 0.3) is 0 Å². The minimum atomic E-state index is -0.324. The molecule has 2 atom stereocenters. The Balaban J connectivity index is 2.10. The van der Waals surface area contributed by atoms with Crippen molar-refractivity contribution in [3.63, 3.8) is 0 Å². The summed E-state index contributed by atoms with van der Waals surface area (Å²) < 4.78 is 0. The zero-order valence-electron chi connectivity index (χ0n) is 9.72. The minimum Gasteiger partial charge on any atom is -0.393 e. The molecule has 1 amide bonds. The number of amides is 1. The van der Waals surface area contributed by atoms with Crippen molar-refractivity contribution in [1.29, 1.82) is 0 Å². The van der Waals surface area contributed by atoms with Crippen LogP contribution in [0.15, 0.2) is 23.1 Å². The molecule has 0 spiro atoms. The topological polar surface area (TPSA) is 73.4 Å². The lowest BCUT2D eigenvalue weighted by Crippen LogP contribution is -2.45. The van der Waals surface area contributed by atoms with Crippen LogP contribution < -0.4 is 5.56 Å². The van der Waals surface area contributed by atoms with E-state index < -0.39 is 0 Å². The predicted molar refractivity (Wildman–Crippen MR) is 62.8 cm³/mol. The van der Waals surface area contributed by atoms with Crippen LogP contribution in [0.5, 0.6) is 0 Å². The molecule has 0 bridgehead atoms. The fourth-order valence-corrected chi connectivity index (χ4v) is 2.04. The van der Waals surface area contributed by atoms with Gasteiger partial charge in [0.2, 0.25) is 5.56 Å². The first kappa shape index (κ1) is 11.9. The molecule has 2 rings (SSSR count). The Hall–Kier alpha value is -1.62. The van der Waals surface area contributed by atoms with Gasteiger partial charge in [0.05, 0.1) is 11.7 Å². The Morgan fingerprint density at radius 3 is 2.88 bits per heavy atom. The highest BCUT2D eigenvalue weighted by atomic mass is 16.3. The molecule has 1 fully saturated rings. The summed E-state index contributed by atoms with van der Waals surface area (Å²) in [5.74, 6) is -0.00420. The number of nitrogens with one attached hydrogen (secondary N) is 1. The number of aromatic nitrogens is 1. The molecule has 92 valence electrons. The van der Waals surface area contributed by atoms with Gasteiger partial charge in [-0.25, -0.2) is 0 Å². The summed E-state index contributed by atoms with van der Waals surface area (Å²) in [5.41, 5.74) is 0.261. The number of aliphatic hydroxyl groups excluding tert-OH is 1. The van der Waals surface area contributed by atoms with E-state index in [4.69, 9.17) is 0 Å². The van der Waals surface area contributed by atoms with Gasteiger partial charge in [0.15, 0.2) is 0 Å². The number of hydrogen-bond donors (Lipinski definition) is 2. The number of pyridine rings is 1. The van der Waals surface area contributed by atoms with E-state index in [9.17, 15) is 14.7 Å². The first-order chi connectivity index (χ1) is 8.08. The number of aliphatic hydroxyl groups is 1. The van der Waals surface area contributed by atoms with Crippen LogP contribution in [0, 0.1) is 5.92 Å². The van der Waals surface area contributed by atoms with Gasteiger partial charge in [-0.15, -0.1) is 0 Å². The van der Waals surface area contributed by atoms with Gasteiger partial charge in [0.25, 0.3) is 5.91 Å². The second-order valence-corrected chi connectivity index (χ2v) is 4.53. The average Bonchev–Trinajstić information content (AvgIpc) is 2.33. The molecule has 1 aromatic heterocycles. The zero-order chi connectivity index (χ0) is 12.4. The fraction of sp³-hybridized carbons (Fsp3) is 0.500. The van der Waals surface area contributed by atoms with E-state index in [1.807, 2.05) is 6.92 Å². The highest BCUT2D eigenvalue weighted by molar-refractivity contribution is 5.93. The van der Waals surface area contributed by atoms with Crippen molar-refractivity contribution in [3.05, 3.63) is 34.2 Å². The predicted octanol–water partition coefficient (Wildman–Crippen LogP) is 0.218. The Kier molecular flexibility index (Phi) is 3.28. The highest BCUT2D eigenvalue weighted by Crippen LogP contribution is 2.18. The quantitative estimate of drug-likeness (QED) is 0.732. The summed E-state index contributed by atoms with van der Waals surface area (Å²) in [4.78, 5) is 27.2. The number of hydrogen-bond acceptors (Lipinski definition) is 3. The second kappa shape index (κ2) is 4.71. The monoisotopic (exact) mass is 236 g/mol. The van der Waals surface area contributed by atoms with Gasteiger partial charge in [-0.05, 0) is 18.4 Å². The van der Waals surface area contributed by atoms with Crippen LogP contribution in [0.1, 0.15) is 23.7 Å². The first-order valence-electron chi connectivity index (χ1n) is 5.74. The smallest absolute Gasteiger partial charge is 0.255 e. The van der Waals surface area contributed by atoms with Gasteiger partial charge < -0.3 is 15.0 Å². The number of aromatic amines is 1. The Morgan fingerprint density at radius 2 is 2.29 bits per heavy atom. The van der Waals surface area contributed by atoms with Crippen molar-refractivity contribution in [2.45, 2.75) is 19.4 Å². The summed E-state index contributed by atoms with van der Waals surface area (Å²) in [5, 5.41) is 9.60. The van der Waals surface area contributed by atoms with E-state index in [0.717, 1.165) is 0 Å². The Morgan fingerprint density at radius 1 is 1.53 bits per heavy atom. The minimum absolute atomic E-state index is 0.0930. The standard InChI is InChI=1S/C12H16N2O3/c1-8-7-14(5-4-10(8)15)12(17)9-2-3-11(16)13-6-9/h2-3,6,8,10,15H,4-5,7H2,1H3,(H,13,16). The SMILES string of the molecule is CC1CN(C(=O)c2ccc(=O)[nH]c2)CCC1O. The number of carbonyl (C=O) groups is 1. The van der Waals surface area contributed by atoms with Gasteiger partial charge in [-0.2, -0.15) is 0 Å². The van der Waals surface area contributed by atoms with E-state index in [-0.39, 0.29) is 23.5 Å². The van der Waals surface area contributed by atoms with Crippen LogP contribution in [0.2, 0.25) is 0 Å². The van der Waals surface area contributed by atoms with Gasteiger partial charge >= 0.3 is 0 Å². The molecule has 5 nitrogen and oxygen atoms in total. The van der Waals surface area contributed by atoms with Crippen molar-refractivity contribution in [2.75, 3.05) is 13.1 Å². The summed E-state index contributed by atoms with van der Waals surface area (Å²) >= 11 is 0. The molecule has 5 heteroatoms. The summed E-state index contributed by atoms with van der Waals surface area (Å²) in [7, 11) is 0. The van der Waals surface area contributed by atoms with Crippen LogP contribution in [0.3, 0.4) is 0 Å². The average molecular weight is 236 g/mol. The van der Waals surface area contributed by atoms with Gasteiger partial charge in [-0.3, -0.25) is 9.59 Å². The molecule has 0 aromatic carbocycles. The second-order valence-electron chi connectivity index (χ2n) is 4.53. The molecule has 17 heavy (non-hydrogen) atoms. The largest absolute Gasteiger partial charge is 0.393 e. The van der Waals surface area contributed by atoms with Crippen LogP contribution in [-0.4, -0.2) is 40.1 Å². The van der Waals surface area contributed by atoms with Gasteiger partial charge in [0, 0.05) is 25.4 Å². The fourth-order valence-electron chi connectivity index (χ4n) is 2.04. The summed E-state index contributed by atoms with van der Waals surface area (Å²) in [6, 6.07) is 2.87. The number of H-pyrrole nitrogens is 1. The van der Waals surface area contributed by atoms with Crippen molar-refractivity contribution >= 4 is 5.91 Å². The molecule has 0 radical (unpaired) electrons. The molecule has 1 saturated heterocycles. The molecule has 0 saturated carbocycles. The highest BCUT2D eigenvalue weighted by Gasteiger charge is 2.27. The molecule has 1 aliphatic heterocycles. The van der Waals surface area contributed by atoms with E-state index >= 15 is 0 Å². The number of carbonyl (C=O) groups excluding carboxylic acids is 1. The third-order valence-electron chi connectivity index (χ3n) is 3.18. The van der Waals surface area contributed by atoms with E-state index in [2.05, 4.69) is 4.98 Å². The maximum absolute atomic E-state index is 12.1. The van der Waals surface area contributed by atoms with Crippen molar-refractivity contribution in [1.82, 2.24) is 9.88 Å². The Bertz CT molecular complexity index is 449. The van der Waals surface area contributed by atoms with Crippen molar-refractivity contribution in [2.24, 2.45) is 5.92 Å². The van der Waals surface area contributed by atoms with E-state index in [1.165, 1.54) is 18.3 Å². The zero-order valence-corrected chi connectivity index (χ0v) is 9.72.